The van der Waals surface area contributed by atoms with Crippen LogP contribution in [-0.2, 0) is 9.53 Å². The highest BCUT2D eigenvalue weighted by molar-refractivity contribution is 7.16. The maximum absolute atomic E-state index is 13.3. The van der Waals surface area contributed by atoms with Crippen LogP contribution >= 0.6 is 22.9 Å². The summed E-state index contributed by atoms with van der Waals surface area (Å²) in [6.45, 7) is 5.47. The van der Waals surface area contributed by atoms with E-state index >= 15 is 0 Å². The minimum Gasteiger partial charge on any atom is -0.449 e. The molecule has 39 heavy (non-hydrogen) atoms. The third-order valence-corrected chi connectivity index (χ3v) is 8.40. The predicted octanol–water partition coefficient (Wildman–Crippen LogP) is 7.12. The standard InChI is InChI=1S/C31H27ClN2O4S/c1-17-19(3)39-30(27(17)28(35)20-12-14-21(32)15-13-20)34-29(36)18(2)33-31(37)38-16-26-24-10-6-4-8-22(24)23-9-5-7-11-25(23)26/h4-15,18,26H,16H2,1-3H3,(H,33,37)(H,34,36)/t18-/m0/s1. The molecule has 2 amide bonds. The Morgan fingerprint density at radius 1 is 0.923 bits per heavy atom. The van der Waals surface area contributed by atoms with E-state index in [-0.39, 0.29) is 18.3 Å². The molecule has 8 heteroatoms. The van der Waals surface area contributed by atoms with Gasteiger partial charge in [0, 0.05) is 21.4 Å². The fourth-order valence-corrected chi connectivity index (χ4v) is 6.02. The van der Waals surface area contributed by atoms with Crippen molar-refractivity contribution < 1.29 is 19.1 Å². The van der Waals surface area contributed by atoms with Gasteiger partial charge in [-0.25, -0.2) is 4.79 Å². The number of hydrogen-bond donors (Lipinski definition) is 2. The summed E-state index contributed by atoms with van der Waals surface area (Å²) in [5.74, 6) is -0.735. The Morgan fingerprint density at radius 3 is 2.13 bits per heavy atom. The van der Waals surface area contributed by atoms with Crippen LogP contribution in [-0.4, -0.2) is 30.4 Å². The summed E-state index contributed by atoms with van der Waals surface area (Å²) < 4.78 is 5.57. The third kappa shape index (κ3) is 5.33. The summed E-state index contributed by atoms with van der Waals surface area (Å²) in [6.07, 6.45) is -0.685. The van der Waals surface area contributed by atoms with Crippen LogP contribution in [0.5, 0.6) is 0 Å². The number of ketones is 1. The first-order valence-electron chi connectivity index (χ1n) is 12.6. The highest BCUT2D eigenvalue weighted by Crippen LogP contribution is 2.44. The summed E-state index contributed by atoms with van der Waals surface area (Å²) in [7, 11) is 0. The molecule has 1 aliphatic carbocycles. The van der Waals surface area contributed by atoms with Crippen molar-refractivity contribution in [2.45, 2.75) is 32.7 Å². The molecular formula is C31H27ClN2O4S. The molecule has 0 aliphatic heterocycles. The number of alkyl carbamates (subject to hydrolysis) is 1. The van der Waals surface area contributed by atoms with Crippen LogP contribution in [0.1, 0.15) is 50.3 Å². The molecule has 198 valence electrons. The molecule has 1 aromatic heterocycles. The number of hydrogen-bond acceptors (Lipinski definition) is 5. The number of carbonyl (C=O) groups excluding carboxylic acids is 3. The number of benzene rings is 3. The average Bonchev–Trinajstić information content (AvgIpc) is 3.40. The molecule has 1 aliphatic rings. The Kier molecular flexibility index (Phi) is 7.55. The van der Waals surface area contributed by atoms with Crippen molar-refractivity contribution in [3.05, 3.63) is 111 Å². The van der Waals surface area contributed by atoms with Crippen molar-refractivity contribution in [3.8, 4) is 11.1 Å². The number of thiophene rings is 1. The second-order valence-electron chi connectivity index (χ2n) is 9.50. The number of rotatable bonds is 7. The number of aryl methyl sites for hydroxylation is 1. The Hall–Kier alpha value is -3.94. The van der Waals surface area contributed by atoms with Crippen LogP contribution in [0.15, 0.2) is 72.8 Å². The molecule has 3 aromatic carbocycles. The van der Waals surface area contributed by atoms with Crippen molar-refractivity contribution in [3.63, 3.8) is 0 Å². The van der Waals surface area contributed by atoms with Crippen LogP contribution in [0.3, 0.4) is 0 Å². The van der Waals surface area contributed by atoms with Gasteiger partial charge in [0.15, 0.2) is 5.78 Å². The van der Waals surface area contributed by atoms with E-state index in [4.69, 9.17) is 16.3 Å². The van der Waals surface area contributed by atoms with Crippen molar-refractivity contribution >= 4 is 45.7 Å². The van der Waals surface area contributed by atoms with Crippen LogP contribution in [0, 0.1) is 13.8 Å². The molecule has 1 atom stereocenters. The van der Waals surface area contributed by atoms with Gasteiger partial charge in [-0.1, -0.05) is 60.1 Å². The smallest absolute Gasteiger partial charge is 0.407 e. The van der Waals surface area contributed by atoms with E-state index in [9.17, 15) is 14.4 Å². The van der Waals surface area contributed by atoms with Gasteiger partial charge in [0.2, 0.25) is 5.91 Å². The predicted molar refractivity (Wildman–Crippen MR) is 155 cm³/mol. The zero-order valence-electron chi connectivity index (χ0n) is 21.7. The van der Waals surface area contributed by atoms with Gasteiger partial charge < -0.3 is 15.4 Å². The van der Waals surface area contributed by atoms with Gasteiger partial charge in [0.25, 0.3) is 0 Å². The number of nitrogens with one attached hydrogen (secondary N) is 2. The molecule has 0 fully saturated rings. The van der Waals surface area contributed by atoms with Crippen LogP contribution in [0.25, 0.3) is 11.1 Å². The average molecular weight is 559 g/mol. The topological polar surface area (TPSA) is 84.5 Å². The van der Waals surface area contributed by atoms with Gasteiger partial charge in [-0.15, -0.1) is 11.3 Å². The summed E-state index contributed by atoms with van der Waals surface area (Å²) in [4.78, 5) is 39.8. The number of carbonyl (C=O) groups is 3. The second kappa shape index (κ2) is 11.0. The summed E-state index contributed by atoms with van der Waals surface area (Å²) >= 11 is 7.29. The molecule has 0 radical (unpaired) electrons. The first-order chi connectivity index (χ1) is 18.7. The Morgan fingerprint density at radius 2 is 1.51 bits per heavy atom. The molecule has 0 spiro atoms. The van der Waals surface area contributed by atoms with Crippen LogP contribution in [0.2, 0.25) is 5.02 Å². The largest absolute Gasteiger partial charge is 0.449 e. The first kappa shape index (κ1) is 26.7. The maximum Gasteiger partial charge on any atom is 0.407 e. The molecule has 0 unspecified atom stereocenters. The Balaban J connectivity index is 1.23. The third-order valence-electron chi connectivity index (χ3n) is 7.03. The zero-order valence-corrected chi connectivity index (χ0v) is 23.3. The van der Waals surface area contributed by atoms with E-state index in [1.165, 1.54) is 11.3 Å². The number of ether oxygens (including phenoxy) is 1. The molecular weight excluding hydrogens is 532 g/mol. The van der Waals surface area contributed by atoms with Gasteiger partial charge in [0.1, 0.15) is 17.6 Å². The van der Waals surface area contributed by atoms with Crippen LogP contribution in [0.4, 0.5) is 9.80 Å². The number of halogens is 1. The lowest BCUT2D eigenvalue weighted by Crippen LogP contribution is -2.42. The normalized spacial score (nSPS) is 12.8. The molecule has 6 nitrogen and oxygen atoms in total. The van der Waals surface area contributed by atoms with Gasteiger partial charge in [0.05, 0.1) is 5.56 Å². The lowest BCUT2D eigenvalue weighted by atomic mass is 9.98. The van der Waals surface area contributed by atoms with E-state index in [1.807, 2.05) is 50.2 Å². The van der Waals surface area contributed by atoms with E-state index < -0.39 is 18.0 Å². The Bertz CT molecular complexity index is 1530. The monoisotopic (exact) mass is 558 g/mol. The van der Waals surface area contributed by atoms with Gasteiger partial charge >= 0.3 is 6.09 Å². The van der Waals surface area contributed by atoms with Crippen molar-refractivity contribution in [2.75, 3.05) is 11.9 Å². The minimum absolute atomic E-state index is 0.0780. The molecule has 2 N–H and O–H groups in total. The molecule has 0 bridgehead atoms. The molecule has 1 heterocycles. The van der Waals surface area contributed by atoms with Crippen molar-refractivity contribution in [2.24, 2.45) is 0 Å². The van der Waals surface area contributed by atoms with Crippen LogP contribution < -0.4 is 10.6 Å². The molecule has 0 saturated heterocycles. The van der Waals surface area contributed by atoms with E-state index in [2.05, 4.69) is 22.8 Å². The van der Waals surface area contributed by atoms with Gasteiger partial charge in [-0.05, 0) is 72.9 Å². The van der Waals surface area contributed by atoms with E-state index in [0.29, 0.717) is 21.2 Å². The van der Waals surface area contributed by atoms with E-state index in [0.717, 1.165) is 32.7 Å². The summed E-state index contributed by atoms with van der Waals surface area (Å²) in [5, 5.41) is 6.41. The number of fused-ring (bicyclic) bond motifs is 3. The maximum atomic E-state index is 13.3. The Labute approximate surface area is 236 Å². The zero-order chi connectivity index (χ0) is 27.7. The van der Waals surface area contributed by atoms with Crippen molar-refractivity contribution in [1.82, 2.24) is 5.32 Å². The highest BCUT2D eigenvalue weighted by atomic mass is 35.5. The molecule has 0 saturated carbocycles. The molecule has 5 rings (SSSR count). The first-order valence-corrected chi connectivity index (χ1v) is 13.8. The van der Waals surface area contributed by atoms with Gasteiger partial charge in [-0.2, -0.15) is 0 Å². The quantitative estimate of drug-likeness (QED) is 0.237. The fourth-order valence-electron chi connectivity index (χ4n) is 4.84. The van der Waals surface area contributed by atoms with E-state index in [1.54, 1.807) is 31.2 Å². The van der Waals surface area contributed by atoms with Crippen molar-refractivity contribution in [1.29, 1.82) is 0 Å². The lowest BCUT2D eigenvalue weighted by Gasteiger charge is -2.17. The number of anilines is 1. The lowest BCUT2D eigenvalue weighted by molar-refractivity contribution is -0.117. The summed E-state index contributed by atoms with van der Waals surface area (Å²) in [6, 6.07) is 21.9. The second-order valence-corrected chi connectivity index (χ2v) is 11.2. The minimum atomic E-state index is -0.887. The molecule has 4 aromatic rings. The number of amides is 2. The fraction of sp³-hybridized carbons (Fsp3) is 0.194. The SMILES string of the molecule is Cc1sc(NC(=O)[C@H](C)NC(=O)OCC2c3ccccc3-c3ccccc32)c(C(=O)c2ccc(Cl)cc2)c1C. The summed E-state index contributed by atoms with van der Waals surface area (Å²) in [5.41, 5.74) is 6.20. The highest BCUT2D eigenvalue weighted by Gasteiger charge is 2.30. The van der Waals surface area contributed by atoms with Gasteiger partial charge in [-0.3, -0.25) is 9.59 Å².